The van der Waals surface area contributed by atoms with Crippen LogP contribution in [0.4, 0.5) is 0 Å². The zero-order valence-electron chi connectivity index (χ0n) is 9.65. The molecule has 0 aliphatic rings. The van der Waals surface area contributed by atoms with Crippen molar-refractivity contribution in [3.8, 4) is 0 Å². The van der Waals surface area contributed by atoms with Crippen LogP contribution in [0.2, 0.25) is 0 Å². The lowest BCUT2D eigenvalue weighted by Gasteiger charge is -2.05. The first-order valence-corrected chi connectivity index (χ1v) is 5.61. The maximum Gasteiger partial charge on any atom is 0.269 e. The normalized spacial score (nSPS) is 10.4. The molecule has 1 amide bonds. The van der Waals surface area contributed by atoms with Crippen LogP contribution in [0.3, 0.4) is 0 Å². The predicted molar refractivity (Wildman–Crippen MR) is 61.1 cm³/mol. The summed E-state index contributed by atoms with van der Waals surface area (Å²) in [4.78, 5) is 15.5. The molecule has 0 fully saturated rings. The van der Waals surface area contributed by atoms with E-state index in [0.717, 1.165) is 25.7 Å². The van der Waals surface area contributed by atoms with Crippen LogP contribution in [0.15, 0.2) is 12.5 Å². The molecule has 0 spiro atoms. The van der Waals surface area contributed by atoms with Gasteiger partial charge in [0.25, 0.3) is 5.91 Å². The largest absolute Gasteiger partial charge is 0.396 e. The molecule has 5 nitrogen and oxygen atoms in total. The average molecular weight is 225 g/mol. The van der Waals surface area contributed by atoms with Crippen LogP contribution < -0.4 is 5.32 Å². The third kappa shape index (κ3) is 4.02. The smallest absolute Gasteiger partial charge is 0.269 e. The van der Waals surface area contributed by atoms with Crippen LogP contribution in [-0.2, 0) is 7.05 Å². The number of amides is 1. The molecular weight excluding hydrogens is 206 g/mol. The molecule has 16 heavy (non-hydrogen) atoms. The van der Waals surface area contributed by atoms with Gasteiger partial charge in [-0.15, -0.1) is 0 Å². The lowest BCUT2D eigenvalue weighted by molar-refractivity contribution is 0.0944. The molecule has 0 aromatic carbocycles. The number of unbranched alkanes of at least 4 members (excludes halogenated alkanes) is 3. The first-order chi connectivity index (χ1) is 7.75. The fraction of sp³-hybridized carbons (Fsp3) is 0.636. The van der Waals surface area contributed by atoms with Gasteiger partial charge in [-0.3, -0.25) is 4.79 Å². The molecule has 0 saturated carbocycles. The molecule has 0 aliphatic heterocycles. The summed E-state index contributed by atoms with van der Waals surface area (Å²) in [6.07, 6.45) is 7.00. The van der Waals surface area contributed by atoms with Gasteiger partial charge in [-0.1, -0.05) is 12.8 Å². The van der Waals surface area contributed by atoms with Gasteiger partial charge in [-0.05, 0) is 12.8 Å². The van der Waals surface area contributed by atoms with Crippen molar-refractivity contribution in [3.63, 3.8) is 0 Å². The van der Waals surface area contributed by atoms with Crippen LogP contribution >= 0.6 is 0 Å². The maximum atomic E-state index is 11.6. The van der Waals surface area contributed by atoms with Gasteiger partial charge in [-0.25, -0.2) is 4.98 Å². The van der Waals surface area contributed by atoms with Gasteiger partial charge in [0.15, 0.2) is 0 Å². The van der Waals surface area contributed by atoms with Crippen molar-refractivity contribution in [2.24, 2.45) is 7.05 Å². The summed E-state index contributed by atoms with van der Waals surface area (Å²) in [6.45, 7) is 0.927. The molecule has 0 unspecified atom stereocenters. The van der Waals surface area contributed by atoms with Crippen molar-refractivity contribution in [1.82, 2.24) is 14.9 Å². The Balaban J connectivity index is 2.14. The Morgan fingerprint density at radius 2 is 2.19 bits per heavy atom. The standard InChI is InChI=1S/C11H19N3O2/c1-14-9-12-8-10(14)11(16)13-6-4-2-3-5-7-15/h8-9,15H,2-7H2,1H3,(H,13,16). The third-order valence-corrected chi connectivity index (χ3v) is 2.42. The van der Waals surface area contributed by atoms with E-state index in [1.165, 1.54) is 0 Å². The van der Waals surface area contributed by atoms with Crippen molar-refractivity contribution >= 4 is 5.91 Å². The van der Waals surface area contributed by atoms with Gasteiger partial charge in [0.1, 0.15) is 5.69 Å². The minimum atomic E-state index is -0.0813. The van der Waals surface area contributed by atoms with E-state index in [1.54, 1.807) is 24.1 Å². The molecule has 0 bridgehead atoms. The minimum absolute atomic E-state index is 0.0813. The van der Waals surface area contributed by atoms with Crippen molar-refractivity contribution in [2.75, 3.05) is 13.2 Å². The molecule has 0 radical (unpaired) electrons. The number of aromatic nitrogens is 2. The van der Waals surface area contributed by atoms with Gasteiger partial charge in [0.05, 0.1) is 12.5 Å². The number of hydrogen-bond acceptors (Lipinski definition) is 3. The molecule has 2 N–H and O–H groups in total. The number of aliphatic hydroxyl groups is 1. The highest BCUT2D eigenvalue weighted by molar-refractivity contribution is 5.92. The Morgan fingerprint density at radius 3 is 2.81 bits per heavy atom. The molecule has 1 aromatic heterocycles. The van der Waals surface area contributed by atoms with E-state index >= 15 is 0 Å². The summed E-state index contributed by atoms with van der Waals surface area (Å²) >= 11 is 0. The van der Waals surface area contributed by atoms with E-state index in [9.17, 15) is 4.79 Å². The summed E-state index contributed by atoms with van der Waals surface area (Å²) in [5, 5.41) is 11.4. The second kappa shape index (κ2) is 7.00. The molecule has 0 saturated heterocycles. The Kier molecular flexibility index (Phi) is 5.56. The van der Waals surface area contributed by atoms with Gasteiger partial charge < -0.3 is 15.0 Å². The van der Waals surface area contributed by atoms with E-state index in [2.05, 4.69) is 10.3 Å². The highest BCUT2D eigenvalue weighted by Gasteiger charge is 2.07. The van der Waals surface area contributed by atoms with Gasteiger partial charge in [-0.2, -0.15) is 0 Å². The SMILES string of the molecule is Cn1cncc1C(=O)NCCCCCCO. The van der Waals surface area contributed by atoms with Crippen LogP contribution in [0, 0.1) is 0 Å². The van der Waals surface area contributed by atoms with E-state index in [0.29, 0.717) is 12.2 Å². The summed E-state index contributed by atoms with van der Waals surface area (Å²) in [5.74, 6) is -0.0813. The van der Waals surface area contributed by atoms with Crippen LogP contribution in [0.5, 0.6) is 0 Å². The second-order valence-electron chi connectivity index (χ2n) is 3.78. The van der Waals surface area contributed by atoms with Crippen LogP contribution in [-0.4, -0.2) is 33.7 Å². The van der Waals surface area contributed by atoms with E-state index in [4.69, 9.17) is 5.11 Å². The number of carbonyl (C=O) groups is 1. The number of carbonyl (C=O) groups excluding carboxylic acids is 1. The number of rotatable bonds is 7. The predicted octanol–water partition coefficient (Wildman–Crippen LogP) is 0.703. The van der Waals surface area contributed by atoms with E-state index < -0.39 is 0 Å². The minimum Gasteiger partial charge on any atom is -0.396 e. The van der Waals surface area contributed by atoms with Crippen LogP contribution in [0.1, 0.15) is 36.2 Å². The quantitative estimate of drug-likeness (QED) is 0.671. The monoisotopic (exact) mass is 225 g/mol. The first-order valence-electron chi connectivity index (χ1n) is 5.61. The molecule has 1 heterocycles. The highest BCUT2D eigenvalue weighted by atomic mass is 16.2. The maximum absolute atomic E-state index is 11.6. The van der Waals surface area contributed by atoms with Crippen molar-refractivity contribution in [3.05, 3.63) is 18.2 Å². The lowest BCUT2D eigenvalue weighted by Crippen LogP contribution is -2.26. The van der Waals surface area contributed by atoms with E-state index in [-0.39, 0.29) is 12.5 Å². The molecule has 5 heteroatoms. The molecule has 90 valence electrons. The number of imidazole rings is 1. The number of nitrogens with zero attached hydrogens (tertiary/aromatic N) is 2. The van der Waals surface area contributed by atoms with E-state index in [1.807, 2.05) is 0 Å². The average Bonchev–Trinajstić information content (AvgIpc) is 2.69. The first kappa shape index (κ1) is 12.7. The van der Waals surface area contributed by atoms with Gasteiger partial charge in [0.2, 0.25) is 0 Å². The summed E-state index contributed by atoms with van der Waals surface area (Å²) in [5.41, 5.74) is 0.579. The van der Waals surface area contributed by atoms with Crippen molar-refractivity contribution in [1.29, 1.82) is 0 Å². The Bertz CT molecular complexity index is 323. The number of aliphatic hydroxyl groups excluding tert-OH is 1. The highest BCUT2D eigenvalue weighted by Crippen LogP contribution is 1.99. The number of nitrogens with one attached hydrogen (secondary N) is 1. The van der Waals surface area contributed by atoms with Gasteiger partial charge >= 0.3 is 0 Å². The Hall–Kier alpha value is -1.36. The van der Waals surface area contributed by atoms with Crippen molar-refractivity contribution in [2.45, 2.75) is 25.7 Å². The van der Waals surface area contributed by atoms with Crippen molar-refractivity contribution < 1.29 is 9.90 Å². The molecule has 0 atom stereocenters. The molecule has 1 aromatic rings. The Labute approximate surface area is 95.5 Å². The zero-order valence-corrected chi connectivity index (χ0v) is 9.65. The zero-order chi connectivity index (χ0) is 11.8. The van der Waals surface area contributed by atoms with Gasteiger partial charge in [0, 0.05) is 20.2 Å². The number of hydrogen-bond donors (Lipinski definition) is 2. The number of aryl methyl sites for hydroxylation is 1. The summed E-state index contributed by atoms with van der Waals surface area (Å²) < 4.78 is 1.70. The fourth-order valence-corrected chi connectivity index (χ4v) is 1.46. The second-order valence-corrected chi connectivity index (χ2v) is 3.78. The third-order valence-electron chi connectivity index (χ3n) is 2.42. The summed E-state index contributed by atoms with van der Waals surface area (Å²) in [6, 6.07) is 0. The molecular formula is C11H19N3O2. The lowest BCUT2D eigenvalue weighted by atomic mass is 10.2. The Morgan fingerprint density at radius 1 is 1.44 bits per heavy atom. The molecule has 0 aliphatic carbocycles. The van der Waals surface area contributed by atoms with Crippen LogP contribution in [0.25, 0.3) is 0 Å². The topological polar surface area (TPSA) is 67.2 Å². The molecule has 1 rings (SSSR count). The fourth-order valence-electron chi connectivity index (χ4n) is 1.46. The summed E-state index contributed by atoms with van der Waals surface area (Å²) in [7, 11) is 1.79.